The van der Waals surface area contributed by atoms with Crippen LogP contribution in [-0.4, -0.2) is 12.1 Å². The SMILES string of the molecule is CC1=CCC(N(c2ccc(C)cc2)c2ccc(C(c3ccc(N(c4ccc(C)cc4)C4C=CC(C)=CC4)cc3)C(C)C)cc2)C=C1. The Hall–Kier alpha value is -4.56. The molecular formula is C44H48N2. The summed E-state index contributed by atoms with van der Waals surface area (Å²) in [7, 11) is 0. The Kier molecular flexibility index (Phi) is 9.45. The van der Waals surface area contributed by atoms with Gasteiger partial charge in [0, 0.05) is 28.7 Å². The van der Waals surface area contributed by atoms with Gasteiger partial charge >= 0.3 is 0 Å². The largest absolute Gasteiger partial charge is 0.334 e. The van der Waals surface area contributed by atoms with E-state index in [1.54, 1.807) is 0 Å². The van der Waals surface area contributed by atoms with Crippen LogP contribution >= 0.6 is 0 Å². The second kappa shape index (κ2) is 13.8. The van der Waals surface area contributed by atoms with E-state index < -0.39 is 0 Å². The molecule has 0 aliphatic heterocycles. The Morgan fingerprint density at radius 3 is 1.09 bits per heavy atom. The quantitative estimate of drug-likeness (QED) is 0.187. The summed E-state index contributed by atoms with van der Waals surface area (Å²) in [5.74, 6) is 0.769. The summed E-state index contributed by atoms with van der Waals surface area (Å²) < 4.78 is 0. The van der Waals surface area contributed by atoms with Gasteiger partial charge in [0.1, 0.15) is 0 Å². The Morgan fingerprint density at radius 1 is 0.478 bits per heavy atom. The van der Waals surface area contributed by atoms with Crippen LogP contribution in [0.1, 0.15) is 68.7 Å². The highest BCUT2D eigenvalue weighted by atomic mass is 15.2. The van der Waals surface area contributed by atoms with Crippen LogP contribution in [0.25, 0.3) is 0 Å². The van der Waals surface area contributed by atoms with Gasteiger partial charge in [-0.1, -0.05) is 121 Å². The van der Waals surface area contributed by atoms with Gasteiger partial charge in [0.05, 0.1) is 12.1 Å². The van der Waals surface area contributed by atoms with Gasteiger partial charge in [-0.2, -0.15) is 0 Å². The zero-order valence-corrected chi connectivity index (χ0v) is 28.3. The Bertz CT molecular complexity index is 1600. The molecular weight excluding hydrogens is 556 g/mol. The Morgan fingerprint density at radius 2 is 0.804 bits per heavy atom. The summed E-state index contributed by atoms with van der Waals surface area (Å²) in [6, 6.07) is 37.1. The van der Waals surface area contributed by atoms with E-state index in [1.807, 2.05) is 0 Å². The van der Waals surface area contributed by atoms with Crippen LogP contribution < -0.4 is 9.80 Å². The molecule has 4 aromatic rings. The van der Waals surface area contributed by atoms with E-state index in [2.05, 4.69) is 185 Å². The number of benzene rings is 4. The van der Waals surface area contributed by atoms with Crippen LogP contribution in [0.5, 0.6) is 0 Å². The molecule has 4 aromatic carbocycles. The van der Waals surface area contributed by atoms with Crippen molar-refractivity contribution in [3.63, 3.8) is 0 Å². The standard InChI is InChI=1S/C44H48N2/c1-31(2)44(36-15-27-42(28-16-36)45(38-19-7-32(3)8-20-38)39-21-9-33(4)10-22-39)37-17-29-43(30-18-37)46(40-23-11-34(5)12-24-40)41-25-13-35(6)14-26-41/h7-21,23-25,27-31,39,41,44H,22,26H2,1-6H3. The van der Waals surface area contributed by atoms with Gasteiger partial charge in [0.2, 0.25) is 0 Å². The molecule has 0 heterocycles. The van der Waals surface area contributed by atoms with Crippen molar-refractivity contribution in [2.24, 2.45) is 5.92 Å². The van der Waals surface area contributed by atoms with Crippen molar-refractivity contribution in [3.8, 4) is 0 Å². The monoisotopic (exact) mass is 604 g/mol. The van der Waals surface area contributed by atoms with Crippen molar-refractivity contribution in [3.05, 3.63) is 167 Å². The lowest BCUT2D eigenvalue weighted by atomic mass is 9.82. The molecule has 0 saturated carbocycles. The highest BCUT2D eigenvalue weighted by Crippen LogP contribution is 2.38. The molecule has 234 valence electrons. The van der Waals surface area contributed by atoms with Crippen molar-refractivity contribution in [2.75, 3.05) is 9.80 Å². The van der Waals surface area contributed by atoms with Crippen LogP contribution in [0, 0.1) is 19.8 Å². The van der Waals surface area contributed by atoms with Crippen molar-refractivity contribution >= 4 is 22.7 Å². The lowest BCUT2D eigenvalue weighted by Crippen LogP contribution is -2.30. The Balaban J connectivity index is 1.29. The summed E-state index contributed by atoms with van der Waals surface area (Å²) >= 11 is 0. The maximum absolute atomic E-state index is 2.48. The first kappa shape index (κ1) is 31.4. The van der Waals surface area contributed by atoms with E-state index in [9.17, 15) is 0 Å². The average molecular weight is 605 g/mol. The first-order valence-corrected chi connectivity index (χ1v) is 16.9. The summed E-state index contributed by atoms with van der Waals surface area (Å²) in [5, 5.41) is 0. The number of nitrogens with zero attached hydrogens (tertiary/aromatic N) is 2. The first-order chi connectivity index (χ1) is 22.3. The number of hydrogen-bond donors (Lipinski definition) is 0. The normalized spacial score (nSPS) is 18.2. The molecule has 2 aliphatic carbocycles. The average Bonchev–Trinajstić information content (AvgIpc) is 3.06. The van der Waals surface area contributed by atoms with Crippen LogP contribution in [0.3, 0.4) is 0 Å². The third kappa shape index (κ3) is 6.97. The topological polar surface area (TPSA) is 6.48 Å². The molecule has 0 amide bonds. The molecule has 0 N–H and O–H groups in total. The molecule has 2 nitrogen and oxygen atoms in total. The number of allylic oxidation sites excluding steroid dienone is 4. The fourth-order valence-corrected chi connectivity index (χ4v) is 6.94. The minimum Gasteiger partial charge on any atom is -0.334 e. The fraction of sp³-hybridized carbons (Fsp3) is 0.273. The van der Waals surface area contributed by atoms with E-state index in [0.29, 0.717) is 23.9 Å². The van der Waals surface area contributed by atoms with Gasteiger partial charge in [0.15, 0.2) is 0 Å². The summed E-state index contributed by atoms with van der Waals surface area (Å²) in [6.07, 6.45) is 15.9. The third-order valence-electron chi connectivity index (χ3n) is 9.54. The van der Waals surface area contributed by atoms with Gasteiger partial charge in [-0.05, 0) is 106 Å². The van der Waals surface area contributed by atoms with Crippen molar-refractivity contribution in [1.29, 1.82) is 0 Å². The van der Waals surface area contributed by atoms with E-state index >= 15 is 0 Å². The first-order valence-electron chi connectivity index (χ1n) is 16.9. The molecule has 0 bridgehead atoms. The third-order valence-corrected chi connectivity index (χ3v) is 9.54. The van der Waals surface area contributed by atoms with E-state index in [4.69, 9.17) is 0 Å². The van der Waals surface area contributed by atoms with Gasteiger partial charge in [-0.15, -0.1) is 0 Å². The van der Waals surface area contributed by atoms with Crippen LogP contribution in [0.15, 0.2) is 145 Å². The molecule has 0 spiro atoms. The molecule has 2 aliphatic rings. The smallest absolute Gasteiger partial charge is 0.0560 e. The molecule has 2 heteroatoms. The van der Waals surface area contributed by atoms with Gasteiger partial charge in [-0.25, -0.2) is 0 Å². The van der Waals surface area contributed by atoms with Crippen LogP contribution in [0.4, 0.5) is 22.7 Å². The maximum atomic E-state index is 2.48. The van der Waals surface area contributed by atoms with E-state index in [1.165, 1.54) is 56.1 Å². The zero-order chi connectivity index (χ0) is 32.2. The lowest BCUT2D eigenvalue weighted by molar-refractivity contribution is 0.564. The number of anilines is 4. The minimum atomic E-state index is 0.292. The van der Waals surface area contributed by atoms with E-state index in [-0.39, 0.29) is 0 Å². The molecule has 0 radical (unpaired) electrons. The molecule has 0 fully saturated rings. The van der Waals surface area contributed by atoms with Crippen molar-refractivity contribution in [2.45, 2.75) is 72.4 Å². The van der Waals surface area contributed by atoms with Crippen LogP contribution in [0.2, 0.25) is 0 Å². The van der Waals surface area contributed by atoms with Crippen LogP contribution in [-0.2, 0) is 0 Å². The number of rotatable bonds is 9. The molecule has 0 aromatic heterocycles. The number of hydrogen-bond acceptors (Lipinski definition) is 2. The van der Waals surface area contributed by atoms with Crippen molar-refractivity contribution in [1.82, 2.24) is 0 Å². The lowest BCUT2D eigenvalue weighted by Gasteiger charge is -2.34. The minimum absolute atomic E-state index is 0.292. The van der Waals surface area contributed by atoms with Crippen molar-refractivity contribution < 1.29 is 0 Å². The fourth-order valence-electron chi connectivity index (χ4n) is 6.94. The highest BCUT2D eigenvalue weighted by molar-refractivity contribution is 5.68. The van der Waals surface area contributed by atoms with Gasteiger partial charge in [0.25, 0.3) is 0 Å². The van der Waals surface area contributed by atoms with Gasteiger partial charge < -0.3 is 9.80 Å². The summed E-state index contributed by atoms with van der Waals surface area (Å²) in [5.41, 5.74) is 12.9. The number of aryl methyl sites for hydroxylation is 2. The molecule has 2 unspecified atom stereocenters. The second-order valence-electron chi connectivity index (χ2n) is 13.5. The Labute approximate surface area is 277 Å². The predicted octanol–water partition coefficient (Wildman–Crippen LogP) is 11.9. The van der Waals surface area contributed by atoms with Gasteiger partial charge in [-0.3, -0.25) is 0 Å². The molecule has 6 rings (SSSR count). The summed E-state index contributed by atoms with van der Waals surface area (Å²) in [6.45, 7) is 13.3. The summed E-state index contributed by atoms with van der Waals surface area (Å²) in [4.78, 5) is 4.97. The maximum Gasteiger partial charge on any atom is 0.0560 e. The molecule has 2 atom stereocenters. The zero-order valence-electron chi connectivity index (χ0n) is 28.3. The van der Waals surface area contributed by atoms with E-state index in [0.717, 1.165) is 12.8 Å². The molecule has 46 heavy (non-hydrogen) atoms. The highest BCUT2D eigenvalue weighted by Gasteiger charge is 2.24. The second-order valence-corrected chi connectivity index (χ2v) is 13.5. The predicted molar refractivity (Wildman–Crippen MR) is 199 cm³/mol. The molecule has 0 saturated heterocycles.